The van der Waals surface area contributed by atoms with E-state index < -0.39 is 0 Å². The van der Waals surface area contributed by atoms with Gasteiger partial charge in [0.25, 0.3) is 5.91 Å². The normalized spacial score (nSPS) is 17.7. The molecule has 1 fully saturated rings. The van der Waals surface area contributed by atoms with Gasteiger partial charge in [0.15, 0.2) is 0 Å². The summed E-state index contributed by atoms with van der Waals surface area (Å²) in [6.45, 7) is 8.16. The summed E-state index contributed by atoms with van der Waals surface area (Å²) in [5.74, 6) is 1.44. The lowest BCUT2D eigenvalue weighted by atomic mass is 9.99. The lowest BCUT2D eigenvalue weighted by molar-refractivity contribution is 0.102. The van der Waals surface area contributed by atoms with Crippen molar-refractivity contribution in [2.45, 2.75) is 33.2 Å². The third kappa shape index (κ3) is 5.09. The number of carbonyl (C=O) groups excluding carboxylic acids is 1. The molecule has 0 aliphatic carbocycles. The zero-order chi connectivity index (χ0) is 18.4. The van der Waals surface area contributed by atoms with Crippen LogP contribution < -0.4 is 10.1 Å². The molecular formula is C22H28N2O2. The number of hydrogen-bond donors (Lipinski definition) is 1. The van der Waals surface area contributed by atoms with Crippen LogP contribution in [0.3, 0.4) is 0 Å². The number of amides is 1. The quantitative estimate of drug-likeness (QED) is 0.828. The van der Waals surface area contributed by atoms with Crippen LogP contribution in [0.15, 0.2) is 48.5 Å². The van der Waals surface area contributed by atoms with E-state index in [1.807, 2.05) is 43.3 Å². The highest BCUT2D eigenvalue weighted by Gasteiger charge is 2.16. The summed E-state index contributed by atoms with van der Waals surface area (Å²) in [5, 5.41) is 2.93. The average molecular weight is 352 g/mol. The highest BCUT2D eigenvalue weighted by molar-refractivity contribution is 6.04. The van der Waals surface area contributed by atoms with Gasteiger partial charge in [0.1, 0.15) is 5.75 Å². The van der Waals surface area contributed by atoms with Gasteiger partial charge < -0.3 is 10.1 Å². The molecule has 1 heterocycles. The molecule has 0 saturated carbocycles. The van der Waals surface area contributed by atoms with Gasteiger partial charge in [-0.15, -0.1) is 0 Å². The van der Waals surface area contributed by atoms with E-state index in [9.17, 15) is 4.79 Å². The van der Waals surface area contributed by atoms with Crippen LogP contribution in [0.1, 0.15) is 42.6 Å². The molecular weight excluding hydrogens is 324 g/mol. The van der Waals surface area contributed by atoms with E-state index in [1.165, 1.54) is 31.5 Å². The first kappa shape index (κ1) is 18.5. The van der Waals surface area contributed by atoms with Crippen LogP contribution >= 0.6 is 0 Å². The Balaban J connectivity index is 1.59. The SMILES string of the molecule is CCOc1cccc(NC(=O)c2ccc(CN3CCCC(C)C3)cc2)c1. The number of likely N-dealkylation sites (tertiary alicyclic amines) is 1. The molecule has 4 nitrogen and oxygen atoms in total. The Hall–Kier alpha value is -2.33. The first-order chi connectivity index (χ1) is 12.6. The highest BCUT2D eigenvalue weighted by Crippen LogP contribution is 2.20. The maximum atomic E-state index is 12.5. The molecule has 0 bridgehead atoms. The first-order valence-electron chi connectivity index (χ1n) is 9.49. The van der Waals surface area contributed by atoms with Crippen LogP contribution in [-0.2, 0) is 6.54 Å². The van der Waals surface area contributed by atoms with Gasteiger partial charge in [-0.05, 0) is 62.1 Å². The maximum Gasteiger partial charge on any atom is 0.255 e. The van der Waals surface area contributed by atoms with Gasteiger partial charge in [-0.3, -0.25) is 9.69 Å². The molecule has 3 rings (SSSR count). The van der Waals surface area contributed by atoms with E-state index >= 15 is 0 Å². The molecule has 1 atom stereocenters. The van der Waals surface area contributed by atoms with Crippen LogP contribution in [0, 0.1) is 5.92 Å². The molecule has 138 valence electrons. The number of benzene rings is 2. The zero-order valence-corrected chi connectivity index (χ0v) is 15.7. The molecule has 1 saturated heterocycles. The highest BCUT2D eigenvalue weighted by atomic mass is 16.5. The Morgan fingerprint density at radius 2 is 2.04 bits per heavy atom. The number of carbonyl (C=O) groups is 1. The molecule has 4 heteroatoms. The topological polar surface area (TPSA) is 41.6 Å². The molecule has 2 aromatic rings. The monoisotopic (exact) mass is 352 g/mol. The number of anilines is 1. The lowest BCUT2D eigenvalue weighted by Gasteiger charge is -2.30. The van der Waals surface area contributed by atoms with E-state index in [2.05, 4.69) is 29.3 Å². The predicted molar refractivity (Wildman–Crippen MR) is 106 cm³/mol. The Morgan fingerprint density at radius 1 is 1.23 bits per heavy atom. The molecule has 1 N–H and O–H groups in total. The summed E-state index contributed by atoms with van der Waals surface area (Å²) in [4.78, 5) is 15.0. The van der Waals surface area contributed by atoms with Crippen molar-refractivity contribution in [2.75, 3.05) is 25.0 Å². The van der Waals surface area contributed by atoms with Crippen molar-refractivity contribution < 1.29 is 9.53 Å². The van der Waals surface area contributed by atoms with Gasteiger partial charge in [-0.2, -0.15) is 0 Å². The minimum absolute atomic E-state index is 0.100. The average Bonchev–Trinajstić information content (AvgIpc) is 2.63. The van der Waals surface area contributed by atoms with Gasteiger partial charge in [0.05, 0.1) is 6.61 Å². The number of ether oxygens (including phenoxy) is 1. The van der Waals surface area contributed by atoms with E-state index in [0.29, 0.717) is 12.2 Å². The van der Waals surface area contributed by atoms with Crippen LogP contribution in [0.2, 0.25) is 0 Å². The van der Waals surface area contributed by atoms with Crippen LogP contribution in [0.4, 0.5) is 5.69 Å². The smallest absolute Gasteiger partial charge is 0.255 e. The summed E-state index contributed by atoms with van der Waals surface area (Å²) in [6.07, 6.45) is 2.61. The molecule has 0 radical (unpaired) electrons. The maximum absolute atomic E-state index is 12.5. The molecule has 1 aliphatic heterocycles. The lowest BCUT2D eigenvalue weighted by Crippen LogP contribution is -2.33. The Bertz CT molecular complexity index is 727. The van der Waals surface area contributed by atoms with Gasteiger partial charge >= 0.3 is 0 Å². The number of nitrogens with zero attached hydrogens (tertiary/aromatic N) is 1. The third-order valence-corrected chi connectivity index (χ3v) is 4.77. The van der Waals surface area contributed by atoms with Crippen molar-refractivity contribution in [3.05, 3.63) is 59.7 Å². The van der Waals surface area contributed by atoms with E-state index in [4.69, 9.17) is 4.74 Å². The van der Waals surface area contributed by atoms with Crippen molar-refractivity contribution in [3.63, 3.8) is 0 Å². The summed E-state index contributed by atoms with van der Waals surface area (Å²) < 4.78 is 5.47. The van der Waals surface area contributed by atoms with E-state index in [1.54, 1.807) is 0 Å². The molecule has 2 aromatic carbocycles. The summed E-state index contributed by atoms with van der Waals surface area (Å²) >= 11 is 0. The van der Waals surface area contributed by atoms with Crippen molar-refractivity contribution >= 4 is 11.6 Å². The minimum Gasteiger partial charge on any atom is -0.494 e. The molecule has 1 amide bonds. The number of hydrogen-bond acceptors (Lipinski definition) is 3. The molecule has 0 aromatic heterocycles. The third-order valence-electron chi connectivity index (χ3n) is 4.77. The van der Waals surface area contributed by atoms with Gasteiger partial charge in [-0.1, -0.05) is 25.1 Å². The van der Waals surface area contributed by atoms with Gasteiger partial charge in [-0.25, -0.2) is 0 Å². The standard InChI is InChI=1S/C22H28N2O2/c1-3-26-21-8-4-7-20(14-21)23-22(25)19-11-9-18(10-12-19)16-24-13-5-6-17(2)15-24/h4,7-12,14,17H,3,5-6,13,15-16H2,1-2H3,(H,23,25). The van der Waals surface area contributed by atoms with Gasteiger partial charge in [0, 0.05) is 30.4 Å². The largest absolute Gasteiger partial charge is 0.494 e. The second-order valence-electron chi connectivity index (χ2n) is 7.09. The summed E-state index contributed by atoms with van der Waals surface area (Å²) in [5.41, 5.74) is 2.67. The fourth-order valence-electron chi connectivity index (χ4n) is 3.48. The predicted octanol–water partition coefficient (Wildman–Crippen LogP) is 4.57. The molecule has 1 aliphatic rings. The van der Waals surface area contributed by atoms with E-state index in [-0.39, 0.29) is 5.91 Å². The fourth-order valence-corrected chi connectivity index (χ4v) is 3.48. The van der Waals surface area contributed by atoms with Crippen molar-refractivity contribution in [2.24, 2.45) is 5.92 Å². The summed E-state index contributed by atoms with van der Waals surface area (Å²) in [6, 6.07) is 15.4. The van der Waals surface area contributed by atoms with Crippen LogP contribution in [0.5, 0.6) is 5.75 Å². The second-order valence-corrected chi connectivity index (χ2v) is 7.09. The van der Waals surface area contributed by atoms with Crippen LogP contribution in [-0.4, -0.2) is 30.5 Å². The number of rotatable bonds is 6. The summed E-state index contributed by atoms with van der Waals surface area (Å²) in [7, 11) is 0. The fraction of sp³-hybridized carbons (Fsp3) is 0.409. The van der Waals surface area contributed by atoms with E-state index in [0.717, 1.165) is 23.9 Å². The van der Waals surface area contributed by atoms with Crippen LogP contribution in [0.25, 0.3) is 0 Å². The molecule has 0 spiro atoms. The minimum atomic E-state index is -0.100. The first-order valence-corrected chi connectivity index (χ1v) is 9.49. The second kappa shape index (κ2) is 8.86. The molecule has 1 unspecified atom stereocenters. The Labute approximate surface area is 156 Å². The zero-order valence-electron chi connectivity index (χ0n) is 15.7. The van der Waals surface area contributed by atoms with Crippen molar-refractivity contribution in [3.8, 4) is 5.75 Å². The number of piperidine rings is 1. The Morgan fingerprint density at radius 3 is 2.77 bits per heavy atom. The van der Waals surface area contributed by atoms with Crippen molar-refractivity contribution in [1.29, 1.82) is 0 Å². The number of nitrogens with one attached hydrogen (secondary N) is 1. The van der Waals surface area contributed by atoms with Crippen molar-refractivity contribution in [1.82, 2.24) is 4.90 Å². The van der Waals surface area contributed by atoms with Gasteiger partial charge in [0.2, 0.25) is 0 Å². The molecule has 26 heavy (non-hydrogen) atoms. The Kier molecular flexibility index (Phi) is 6.29.